The summed E-state index contributed by atoms with van der Waals surface area (Å²) in [6.45, 7) is 4.65. The van der Waals surface area contributed by atoms with Crippen molar-refractivity contribution < 1.29 is 19.4 Å². The quantitative estimate of drug-likeness (QED) is 0.514. The molecule has 0 unspecified atom stereocenters. The lowest BCUT2D eigenvalue weighted by Gasteiger charge is -2.13. The molecule has 0 saturated carbocycles. The van der Waals surface area contributed by atoms with Crippen LogP contribution in [0.3, 0.4) is 0 Å². The van der Waals surface area contributed by atoms with E-state index in [-0.39, 0.29) is 32.3 Å². The van der Waals surface area contributed by atoms with E-state index >= 15 is 0 Å². The highest BCUT2D eigenvalue weighted by molar-refractivity contribution is 6.39. The van der Waals surface area contributed by atoms with E-state index in [0.29, 0.717) is 5.69 Å². The van der Waals surface area contributed by atoms with Crippen molar-refractivity contribution in [3.63, 3.8) is 0 Å². The summed E-state index contributed by atoms with van der Waals surface area (Å²) in [7, 11) is 0. The van der Waals surface area contributed by atoms with E-state index < -0.39 is 11.8 Å². The fraction of sp³-hybridized carbons (Fsp3) is 0.467. The van der Waals surface area contributed by atoms with Crippen LogP contribution < -0.4 is 10.6 Å². The molecule has 2 amide bonds. The largest absolute Gasteiger partial charge is 0.394 e. The van der Waals surface area contributed by atoms with Gasteiger partial charge in [0.25, 0.3) is 0 Å². The molecular formula is C15H22N2O4. The zero-order chi connectivity index (χ0) is 15.7. The molecule has 1 rings (SSSR count). The van der Waals surface area contributed by atoms with Crippen molar-refractivity contribution in [3.05, 3.63) is 29.8 Å². The molecule has 0 atom stereocenters. The summed E-state index contributed by atoms with van der Waals surface area (Å²) < 4.78 is 4.99. The molecule has 0 aliphatic carbocycles. The molecule has 1 aromatic carbocycles. The number of hydrogen-bond donors (Lipinski definition) is 3. The number of para-hydroxylation sites is 1. The van der Waals surface area contributed by atoms with Crippen LogP contribution in [0.2, 0.25) is 0 Å². The van der Waals surface area contributed by atoms with Crippen molar-refractivity contribution >= 4 is 17.5 Å². The molecule has 116 valence electrons. The Morgan fingerprint density at radius 2 is 1.90 bits per heavy atom. The molecule has 0 aliphatic rings. The smallest absolute Gasteiger partial charge is 0.313 e. The van der Waals surface area contributed by atoms with Crippen LogP contribution in [0.5, 0.6) is 0 Å². The number of carbonyl (C=O) groups is 2. The summed E-state index contributed by atoms with van der Waals surface area (Å²) in [6, 6.07) is 7.39. The van der Waals surface area contributed by atoms with E-state index in [9.17, 15) is 9.59 Å². The van der Waals surface area contributed by atoms with Crippen LogP contribution in [0.15, 0.2) is 24.3 Å². The lowest BCUT2D eigenvalue weighted by molar-refractivity contribution is -0.136. The van der Waals surface area contributed by atoms with Crippen LogP contribution >= 0.6 is 0 Å². The summed E-state index contributed by atoms with van der Waals surface area (Å²) in [5.41, 5.74) is 1.62. The zero-order valence-electron chi connectivity index (χ0n) is 12.4. The fourth-order valence-corrected chi connectivity index (χ4v) is 1.78. The molecular weight excluding hydrogens is 272 g/mol. The van der Waals surface area contributed by atoms with Gasteiger partial charge in [0.1, 0.15) is 0 Å². The molecule has 0 bridgehead atoms. The summed E-state index contributed by atoms with van der Waals surface area (Å²) in [6.07, 6.45) is 0. The van der Waals surface area contributed by atoms with Crippen molar-refractivity contribution in [2.75, 3.05) is 31.7 Å². The average molecular weight is 294 g/mol. The molecule has 0 saturated heterocycles. The maximum absolute atomic E-state index is 11.8. The Hall–Kier alpha value is -1.92. The van der Waals surface area contributed by atoms with Gasteiger partial charge in [-0.2, -0.15) is 0 Å². The number of aliphatic hydroxyl groups is 1. The van der Waals surface area contributed by atoms with Gasteiger partial charge < -0.3 is 20.5 Å². The number of benzene rings is 1. The fourth-order valence-electron chi connectivity index (χ4n) is 1.78. The highest BCUT2D eigenvalue weighted by Crippen LogP contribution is 2.23. The number of rotatable bonds is 7. The van der Waals surface area contributed by atoms with E-state index in [4.69, 9.17) is 9.84 Å². The Kier molecular flexibility index (Phi) is 7.42. The number of amides is 2. The maximum Gasteiger partial charge on any atom is 0.313 e. The number of hydrogen-bond acceptors (Lipinski definition) is 4. The van der Waals surface area contributed by atoms with Crippen LogP contribution in [0.25, 0.3) is 0 Å². The number of aliphatic hydroxyl groups excluding tert-OH is 1. The van der Waals surface area contributed by atoms with Crippen LogP contribution in [0, 0.1) is 0 Å². The Balaban J connectivity index is 2.47. The van der Waals surface area contributed by atoms with Gasteiger partial charge in [-0.25, -0.2) is 0 Å². The summed E-state index contributed by atoms with van der Waals surface area (Å²) in [5, 5.41) is 13.6. The molecule has 0 spiro atoms. The van der Waals surface area contributed by atoms with E-state index in [1.54, 1.807) is 6.07 Å². The summed E-state index contributed by atoms with van der Waals surface area (Å²) in [5.74, 6) is -1.16. The predicted octanol–water partition coefficient (Wildman–Crippen LogP) is 0.874. The van der Waals surface area contributed by atoms with Gasteiger partial charge in [0, 0.05) is 12.2 Å². The lowest BCUT2D eigenvalue weighted by atomic mass is 10.0. The van der Waals surface area contributed by atoms with Crippen LogP contribution in [-0.4, -0.2) is 43.3 Å². The van der Waals surface area contributed by atoms with Gasteiger partial charge >= 0.3 is 11.8 Å². The van der Waals surface area contributed by atoms with Gasteiger partial charge in [-0.05, 0) is 17.5 Å². The molecule has 6 heteroatoms. The Morgan fingerprint density at radius 1 is 1.19 bits per heavy atom. The number of anilines is 1. The molecule has 21 heavy (non-hydrogen) atoms. The second kappa shape index (κ2) is 9.10. The van der Waals surface area contributed by atoms with Gasteiger partial charge in [0.05, 0.1) is 19.8 Å². The minimum Gasteiger partial charge on any atom is -0.394 e. The first kappa shape index (κ1) is 17.1. The second-order valence-electron chi connectivity index (χ2n) is 4.79. The van der Waals surface area contributed by atoms with Crippen LogP contribution in [0.1, 0.15) is 25.3 Å². The van der Waals surface area contributed by atoms with Gasteiger partial charge in [-0.3, -0.25) is 9.59 Å². The maximum atomic E-state index is 11.8. The summed E-state index contributed by atoms with van der Waals surface area (Å²) in [4.78, 5) is 23.4. The lowest BCUT2D eigenvalue weighted by Crippen LogP contribution is -2.37. The third-order valence-corrected chi connectivity index (χ3v) is 2.80. The summed E-state index contributed by atoms with van der Waals surface area (Å²) >= 11 is 0. The zero-order valence-corrected chi connectivity index (χ0v) is 12.4. The van der Waals surface area contributed by atoms with E-state index in [0.717, 1.165) is 5.56 Å². The van der Waals surface area contributed by atoms with Gasteiger partial charge in [-0.15, -0.1) is 0 Å². The molecule has 0 fully saturated rings. The number of nitrogens with one attached hydrogen (secondary N) is 2. The van der Waals surface area contributed by atoms with Gasteiger partial charge in [-0.1, -0.05) is 32.0 Å². The van der Waals surface area contributed by atoms with E-state index in [1.165, 1.54) is 0 Å². The molecule has 1 aromatic rings. The monoisotopic (exact) mass is 294 g/mol. The topological polar surface area (TPSA) is 87.7 Å². The Bertz CT molecular complexity index is 474. The second-order valence-corrected chi connectivity index (χ2v) is 4.79. The first-order valence-electron chi connectivity index (χ1n) is 6.93. The van der Waals surface area contributed by atoms with E-state index in [1.807, 2.05) is 32.0 Å². The average Bonchev–Trinajstić information content (AvgIpc) is 2.47. The standard InChI is InChI=1S/C15H22N2O4/c1-11(2)12-5-3-4-6-13(12)17-15(20)14(19)16-7-9-21-10-8-18/h3-6,11,18H,7-10H2,1-2H3,(H,16,19)(H,17,20). The van der Waals surface area contributed by atoms with E-state index in [2.05, 4.69) is 10.6 Å². The van der Waals surface area contributed by atoms with Crippen molar-refractivity contribution in [1.82, 2.24) is 5.32 Å². The SMILES string of the molecule is CC(C)c1ccccc1NC(=O)C(=O)NCCOCCO. The van der Waals surface area contributed by atoms with Crippen molar-refractivity contribution in [2.24, 2.45) is 0 Å². The minimum atomic E-state index is -0.707. The predicted molar refractivity (Wildman–Crippen MR) is 80.1 cm³/mol. The minimum absolute atomic E-state index is 0.0690. The molecule has 3 N–H and O–H groups in total. The van der Waals surface area contributed by atoms with Crippen molar-refractivity contribution in [2.45, 2.75) is 19.8 Å². The molecule has 0 radical (unpaired) electrons. The third-order valence-electron chi connectivity index (χ3n) is 2.80. The number of carbonyl (C=O) groups excluding carboxylic acids is 2. The normalized spacial score (nSPS) is 10.5. The molecule has 0 aromatic heterocycles. The highest BCUT2D eigenvalue weighted by atomic mass is 16.5. The molecule has 0 heterocycles. The van der Waals surface area contributed by atoms with Crippen molar-refractivity contribution in [1.29, 1.82) is 0 Å². The highest BCUT2D eigenvalue weighted by Gasteiger charge is 2.15. The Morgan fingerprint density at radius 3 is 2.57 bits per heavy atom. The van der Waals surface area contributed by atoms with Crippen LogP contribution in [-0.2, 0) is 14.3 Å². The number of ether oxygens (including phenoxy) is 1. The van der Waals surface area contributed by atoms with Crippen molar-refractivity contribution in [3.8, 4) is 0 Å². The van der Waals surface area contributed by atoms with Gasteiger partial charge in [0.2, 0.25) is 0 Å². The first-order valence-corrected chi connectivity index (χ1v) is 6.93. The van der Waals surface area contributed by atoms with Gasteiger partial charge in [0.15, 0.2) is 0 Å². The van der Waals surface area contributed by atoms with Crippen LogP contribution in [0.4, 0.5) is 5.69 Å². The third kappa shape index (κ3) is 5.93. The molecule has 0 aliphatic heterocycles. The molecule has 6 nitrogen and oxygen atoms in total. The Labute approximate surface area is 124 Å². The first-order chi connectivity index (χ1) is 10.1.